The quantitative estimate of drug-likeness (QED) is 0.415. The third kappa shape index (κ3) is 4.68. The van der Waals surface area contributed by atoms with Gasteiger partial charge in [-0.05, 0) is 26.7 Å². The molecule has 0 radical (unpaired) electrons. The molecular weight excluding hydrogens is 280 g/mol. The second-order valence-corrected chi connectivity index (χ2v) is 5.88. The van der Waals surface area contributed by atoms with E-state index >= 15 is 0 Å². The Balaban J connectivity index is 2.27. The Kier molecular flexibility index (Phi) is 6.28. The molecule has 3 N–H and O–H groups in total. The van der Waals surface area contributed by atoms with Crippen molar-refractivity contribution in [2.45, 2.75) is 43.8 Å². The topological polar surface area (TPSA) is 103 Å². The zero-order valence-electron chi connectivity index (χ0n) is 12.1. The Hall–Kier alpha value is -1.28. The van der Waals surface area contributed by atoms with Gasteiger partial charge in [0.1, 0.15) is 5.54 Å². The normalized spacial score (nSPS) is 14.0. The first-order chi connectivity index (χ1) is 9.38. The molecule has 0 saturated heterocycles. The monoisotopic (exact) mass is 302 g/mol. The molecule has 0 aliphatic rings. The molecule has 1 aromatic rings. The third-order valence-electron chi connectivity index (χ3n) is 2.90. The summed E-state index contributed by atoms with van der Waals surface area (Å²) in [4.78, 5) is 22.8. The first-order valence-electron chi connectivity index (χ1n) is 6.58. The molecule has 0 aliphatic heterocycles. The van der Waals surface area contributed by atoms with Crippen molar-refractivity contribution in [3.8, 4) is 0 Å². The number of aromatic amines is 1. The van der Waals surface area contributed by atoms with E-state index in [1.165, 1.54) is 16.3 Å². The van der Waals surface area contributed by atoms with E-state index < -0.39 is 5.54 Å². The summed E-state index contributed by atoms with van der Waals surface area (Å²) in [5.74, 6) is 0.458. The molecule has 0 bridgehead atoms. The van der Waals surface area contributed by atoms with E-state index in [0.29, 0.717) is 18.2 Å². The number of nitrogens with one attached hydrogen (secondary N) is 1. The molecule has 0 aliphatic carbocycles. The van der Waals surface area contributed by atoms with Gasteiger partial charge in [0.2, 0.25) is 0 Å². The number of carbonyl (C=O) groups is 1. The minimum Gasteiger partial charge on any atom is -0.465 e. The molecule has 0 saturated carbocycles. The molecule has 0 spiro atoms. The van der Waals surface area contributed by atoms with Gasteiger partial charge in [0.05, 0.1) is 6.61 Å². The van der Waals surface area contributed by atoms with Gasteiger partial charge in [-0.15, -0.1) is 5.10 Å². The van der Waals surface area contributed by atoms with Gasteiger partial charge in [0, 0.05) is 12.8 Å². The molecule has 20 heavy (non-hydrogen) atoms. The van der Waals surface area contributed by atoms with Crippen molar-refractivity contribution in [2.75, 3.05) is 12.4 Å². The lowest BCUT2D eigenvalue weighted by Crippen LogP contribution is -2.46. The number of nitrogens with two attached hydrogens (primary N) is 1. The summed E-state index contributed by atoms with van der Waals surface area (Å²) < 4.78 is 6.40. The van der Waals surface area contributed by atoms with Crippen molar-refractivity contribution in [2.24, 2.45) is 12.8 Å². The lowest BCUT2D eigenvalue weighted by atomic mass is 9.96. The predicted octanol–water partition coefficient (Wildman–Crippen LogP) is 0.651. The zero-order valence-corrected chi connectivity index (χ0v) is 13.0. The van der Waals surface area contributed by atoms with Gasteiger partial charge in [-0.25, -0.2) is 9.89 Å². The maximum Gasteiger partial charge on any atom is 0.343 e. The summed E-state index contributed by atoms with van der Waals surface area (Å²) >= 11 is 1.50. The Morgan fingerprint density at radius 2 is 2.25 bits per heavy atom. The van der Waals surface area contributed by atoms with Crippen molar-refractivity contribution in [1.82, 2.24) is 14.8 Å². The predicted molar refractivity (Wildman–Crippen MR) is 77.6 cm³/mol. The summed E-state index contributed by atoms with van der Waals surface area (Å²) in [5, 5.41) is 6.95. The zero-order chi connectivity index (χ0) is 15.2. The molecule has 8 heteroatoms. The van der Waals surface area contributed by atoms with Gasteiger partial charge in [-0.2, -0.15) is 0 Å². The highest BCUT2D eigenvalue weighted by atomic mass is 32.2. The molecule has 7 nitrogen and oxygen atoms in total. The van der Waals surface area contributed by atoms with Crippen molar-refractivity contribution >= 4 is 17.7 Å². The summed E-state index contributed by atoms with van der Waals surface area (Å²) in [6.07, 6.45) is 2.28. The smallest absolute Gasteiger partial charge is 0.343 e. The van der Waals surface area contributed by atoms with Gasteiger partial charge in [-0.1, -0.05) is 18.2 Å². The fraction of sp³-hybridized carbons (Fsp3) is 0.750. The van der Waals surface area contributed by atoms with E-state index in [-0.39, 0.29) is 11.7 Å². The largest absolute Gasteiger partial charge is 0.465 e. The van der Waals surface area contributed by atoms with Crippen molar-refractivity contribution in [3.63, 3.8) is 0 Å². The Bertz CT molecular complexity index is 495. The van der Waals surface area contributed by atoms with Crippen LogP contribution in [-0.4, -0.2) is 38.6 Å². The maximum absolute atomic E-state index is 11.6. The SMILES string of the molecule is CCOC(=O)C(C)(N)CCCCSc1n[nH]c(=O)n1C. The van der Waals surface area contributed by atoms with Crippen LogP contribution >= 0.6 is 11.8 Å². The first kappa shape index (κ1) is 16.8. The van der Waals surface area contributed by atoms with Crippen LogP contribution in [0.3, 0.4) is 0 Å². The number of unbranched alkanes of at least 4 members (excludes halogenated alkanes) is 1. The summed E-state index contributed by atoms with van der Waals surface area (Å²) in [6.45, 7) is 3.79. The molecule has 0 amide bonds. The highest BCUT2D eigenvalue weighted by Gasteiger charge is 2.28. The van der Waals surface area contributed by atoms with E-state index in [1.807, 2.05) is 0 Å². The minimum atomic E-state index is -0.931. The van der Waals surface area contributed by atoms with Crippen LogP contribution in [0.5, 0.6) is 0 Å². The number of rotatable bonds is 8. The lowest BCUT2D eigenvalue weighted by Gasteiger charge is -2.21. The average molecular weight is 302 g/mol. The summed E-state index contributed by atoms with van der Waals surface area (Å²) in [7, 11) is 1.67. The molecular formula is C12H22N4O3S. The van der Waals surface area contributed by atoms with Crippen LogP contribution in [0.15, 0.2) is 9.95 Å². The summed E-state index contributed by atoms with van der Waals surface area (Å²) in [6, 6.07) is 0. The highest BCUT2D eigenvalue weighted by Crippen LogP contribution is 2.18. The van der Waals surface area contributed by atoms with Crippen molar-refractivity contribution < 1.29 is 9.53 Å². The van der Waals surface area contributed by atoms with E-state index in [1.54, 1.807) is 20.9 Å². The van der Waals surface area contributed by atoms with Crippen LogP contribution in [0.2, 0.25) is 0 Å². The second kappa shape index (κ2) is 7.49. The fourth-order valence-corrected chi connectivity index (χ4v) is 2.54. The standard InChI is InChI=1S/C12H22N4O3S/c1-4-19-9(17)12(2,13)7-5-6-8-20-11-15-14-10(18)16(11)3/h4-8,13H2,1-3H3,(H,14,18). The number of nitrogens with zero attached hydrogens (tertiary/aromatic N) is 2. The number of hydrogen-bond donors (Lipinski definition) is 2. The van der Waals surface area contributed by atoms with Crippen LogP contribution < -0.4 is 11.4 Å². The summed E-state index contributed by atoms with van der Waals surface area (Å²) in [5.41, 5.74) is 4.77. The van der Waals surface area contributed by atoms with Gasteiger partial charge in [0.25, 0.3) is 0 Å². The van der Waals surface area contributed by atoms with Crippen molar-refractivity contribution in [3.05, 3.63) is 10.5 Å². The average Bonchev–Trinajstić information content (AvgIpc) is 2.70. The van der Waals surface area contributed by atoms with Crippen LogP contribution in [0.1, 0.15) is 33.1 Å². The number of ether oxygens (including phenoxy) is 1. The molecule has 0 aromatic carbocycles. The number of aromatic nitrogens is 3. The first-order valence-corrected chi connectivity index (χ1v) is 7.57. The molecule has 1 aromatic heterocycles. The molecule has 114 valence electrons. The van der Waals surface area contributed by atoms with Crippen LogP contribution in [0, 0.1) is 0 Å². The number of esters is 1. The number of carbonyl (C=O) groups excluding carboxylic acids is 1. The van der Waals surface area contributed by atoms with E-state index in [9.17, 15) is 9.59 Å². The van der Waals surface area contributed by atoms with Gasteiger partial charge in [0.15, 0.2) is 5.16 Å². The molecule has 1 rings (SSSR count). The molecule has 1 atom stereocenters. The second-order valence-electron chi connectivity index (χ2n) is 4.81. The fourth-order valence-electron chi connectivity index (χ4n) is 1.62. The Morgan fingerprint density at radius 3 is 2.80 bits per heavy atom. The highest BCUT2D eigenvalue weighted by molar-refractivity contribution is 7.99. The van der Waals surface area contributed by atoms with Gasteiger partial charge < -0.3 is 10.5 Å². The van der Waals surface area contributed by atoms with Crippen LogP contribution in [-0.2, 0) is 16.6 Å². The number of hydrogen-bond acceptors (Lipinski definition) is 6. The number of H-pyrrole nitrogens is 1. The Labute approximate surface area is 122 Å². The van der Waals surface area contributed by atoms with E-state index in [2.05, 4.69) is 10.2 Å². The third-order valence-corrected chi connectivity index (χ3v) is 4.02. The van der Waals surface area contributed by atoms with E-state index in [4.69, 9.17) is 10.5 Å². The van der Waals surface area contributed by atoms with Crippen LogP contribution in [0.4, 0.5) is 0 Å². The molecule has 1 heterocycles. The minimum absolute atomic E-state index is 0.218. The lowest BCUT2D eigenvalue weighted by molar-refractivity contribution is -0.149. The van der Waals surface area contributed by atoms with Gasteiger partial charge in [-0.3, -0.25) is 9.36 Å². The van der Waals surface area contributed by atoms with Crippen LogP contribution in [0.25, 0.3) is 0 Å². The molecule has 1 unspecified atom stereocenters. The van der Waals surface area contributed by atoms with E-state index in [0.717, 1.165) is 18.6 Å². The Morgan fingerprint density at radius 1 is 1.55 bits per heavy atom. The number of thioether (sulfide) groups is 1. The van der Waals surface area contributed by atoms with Crippen molar-refractivity contribution in [1.29, 1.82) is 0 Å². The maximum atomic E-state index is 11.6. The molecule has 0 fully saturated rings. The van der Waals surface area contributed by atoms with Gasteiger partial charge >= 0.3 is 11.7 Å².